The van der Waals surface area contributed by atoms with Crippen molar-refractivity contribution in [3.63, 3.8) is 0 Å². The number of aromatic hydroxyl groups is 3. The molecule has 0 aliphatic carbocycles. The zero-order valence-corrected chi connectivity index (χ0v) is 11.1. The van der Waals surface area contributed by atoms with Crippen molar-refractivity contribution in [1.82, 2.24) is 5.32 Å². The molecule has 0 spiro atoms. The summed E-state index contributed by atoms with van der Waals surface area (Å²) in [5.41, 5.74) is -0.146. The number of carbonyl (C=O) groups excluding carboxylic acids is 1. The molecule has 1 amide bonds. The van der Waals surface area contributed by atoms with Crippen molar-refractivity contribution in [2.75, 3.05) is 0 Å². The van der Waals surface area contributed by atoms with Gasteiger partial charge in [0, 0.05) is 5.56 Å². The van der Waals surface area contributed by atoms with E-state index in [1.165, 1.54) is 0 Å². The molecule has 0 saturated heterocycles. The summed E-state index contributed by atoms with van der Waals surface area (Å²) in [7, 11) is 0. The van der Waals surface area contributed by atoms with Gasteiger partial charge in [-0.25, -0.2) is 4.79 Å². The quantitative estimate of drug-likeness (QED) is 0.514. The molecule has 0 saturated carbocycles. The van der Waals surface area contributed by atoms with Gasteiger partial charge in [-0.1, -0.05) is 13.8 Å². The standard InChI is InChI=1S/C13H17NO6/c1-6(2)3-8(13(19)20)14-12(18)7-4-9(15)11(17)10(16)5-7/h4-6,8,15-17H,3H2,1-2H3,(H,14,18)(H,19,20)/t8-/m1/s1. The molecule has 0 fully saturated rings. The van der Waals surface area contributed by atoms with Crippen molar-refractivity contribution >= 4 is 11.9 Å². The molecule has 0 radical (unpaired) electrons. The minimum Gasteiger partial charge on any atom is -0.504 e. The van der Waals surface area contributed by atoms with Crippen LogP contribution in [0.1, 0.15) is 30.6 Å². The number of carboxylic acids is 1. The Hall–Kier alpha value is -2.44. The van der Waals surface area contributed by atoms with Gasteiger partial charge in [0.1, 0.15) is 6.04 Å². The van der Waals surface area contributed by atoms with Gasteiger partial charge in [-0.3, -0.25) is 4.79 Å². The van der Waals surface area contributed by atoms with Crippen molar-refractivity contribution < 1.29 is 30.0 Å². The maximum absolute atomic E-state index is 11.9. The molecule has 20 heavy (non-hydrogen) atoms. The van der Waals surface area contributed by atoms with Gasteiger partial charge >= 0.3 is 5.97 Å². The molecule has 0 heterocycles. The fourth-order valence-corrected chi connectivity index (χ4v) is 1.67. The van der Waals surface area contributed by atoms with Crippen LogP contribution in [0.3, 0.4) is 0 Å². The summed E-state index contributed by atoms with van der Waals surface area (Å²) >= 11 is 0. The average molecular weight is 283 g/mol. The molecule has 0 bridgehead atoms. The van der Waals surface area contributed by atoms with Crippen LogP contribution in [-0.2, 0) is 4.79 Å². The summed E-state index contributed by atoms with van der Waals surface area (Å²) in [5.74, 6) is -3.92. The maximum Gasteiger partial charge on any atom is 0.326 e. The van der Waals surface area contributed by atoms with E-state index in [9.17, 15) is 24.9 Å². The van der Waals surface area contributed by atoms with Crippen molar-refractivity contribution in [1.29, 1.82) is 0 Å². The zero-order valence-electron chi connectivity index (χ0n) is 11.1. The van der Waals surface area contributed by atoms with Gasteiger partial charge in [0.2, 0.25) is 0 Å². The molecule has 7 nitrogen and oxygen atoms in total. The van der Waals surface area contributed by atoms with Crippen molar-refractivity contribution in [2.45, 2.75) is 26.3 Å². The number of aliphatic carboxylic acids is 1. The lowest BCUT2D eigenvalue weighted by molar-refractivity contribution is -0.139. The third-order valence-electron chi connectivity index (χ3n) is 2.64. The summed E-state index contributed by atoms with van der Waals surface area (Å²) in [6, 6.07) is 0.817. The van der Waals surface area contributed by atoms with Crippen LogP contribution in [0.4, 0.5) is 0 Å². The van der Waals surface area contributed by atoms with E-state index in [1.807, 2.05) is 13.8 Å². The fraction of sp³-hybridized carbons (Fsp3) is 0.385. The second kappa shape index (κ2) is 6.14. The number of hydrogen-bond donors (Lipinski definition) is 5. The molecule has 110 valence electrons. The SMILES string of the molecule is CC(C)C[C@@H](NC(=O)c1cc(O)c(O)c(O)c1)C(=O)O. The minimum atomic E-state index is -1.17. The Morgan fingerprint density at radius 2 is 1.65 bits per heavy atom. The van der Waals surface area contributed by atoms with E-state index >= 15 is 0 Å². The van der Waals surface area contributed by atoms with E-state index in [1.54, 1.807) is 0 Å². The molecule has 0 aliphatic rings. The molecule has 0 aromatic heterocycles. The van der Waals surface area contributed by atoms with Crippen molar-refractivity contribution in [2.24, 2.45) is 5.92 Å². The Morgan fingerprint density at radius 3 is 2.05 bits per heavy atom. The van der Waals surface area contributed by atoms with Gasteiger partial charge in [0.25, 0.3) is 5.91 Å². The summed E-state index contributed by atoms with van der Waals surface area (Å²) in [6.07, 6.45) is 0.247. The van der Waals surface area contributed by atoms with Crippen LogP contribution in [0.15, 0.2) is 12.1 Å². The van der Waals surface area contributed by atoms with E-state index in [0.717, 1.165) is 12.1 Å². The van der Waals surface area contributed by atoms with Crippen LogP contribution in [-0.4, -0.2) is 38.3 Å². The summed E-state index contributed by atoms with van der Waals surface area (Å²) in [6.45, 7) is 3.64. The Bertz CT molecular complexity index is 503. The largest absolute Gasteiger partial charge is 0.504 e. The van der Waals surface area contributed by atoms with Crippen LogP contribution < -0.4 is 5.32 Å². The van der Waals surface area contributed by atoms with Crippen LogP contribution in [0.2, 0.25) is 0 Å². The van der Waals surface area contributed by atoms with E-state index in [2.05, 4.69) is 5.32 Å². The molecule has 7 heteroatoms. The van der Waals surface area contributed by atoms with Gasteiger partial charge in [0.15, 0.2) is 17.2 Å². The lowest BCUT2D eigenvalue weighted by atomic mass is 10.0. The van der Waals surface area contributed by atoms with Crippen molar-refractivity contribution in [3.8, 4) is 17.2 Å². The normalized spacial score (nSPS) is 12.2. The first kappa shape index (κ1) is 15.6. The van der Waals surface area contributed by atoms with E-state index in [0.29, 0.717) is 0 Å². The highest BCUT2D eigenvalue weighted by Gasteiger charge is 2.22. The number of phenols is 3. The lowest BCUT2D eigenvalue weighted by Gasteiger charge is -2.16. The van der Waals surface area contributed by atoms with Crippen LogP contribution in [0.5, 0.6) is 17.2 Å². The minimum absolute atomic E-state index is 0.0676. The third-order valence-corrected chi connectivity index (χ3v) is 2.64. The number of phenolic OH excluding ortho intramolecular Hbond substituents is 3. The maximum atomic E-state index is 11.9. The highest BCUT2D eigenvalue weighted by Crippen LogP contribution is 2.35. The summed E-state index contributed by atoms with van der Waals surface area (Å²) in [5, 5.41) is 39.1. The summed E-state index contributed by atoms with van der Waals surface area (Å²) < 4.78 is 0. The molecule has 1 aromatic carbocycles. The predicted octanol–water partition coefficient (Wildman–Crippen LogP) is 1.03. The Morgan fingerprint density at radius 1 is 1.15 bits per heavy atom. The van der Waals surface area contributed by atoms with Gasteiger partial charge < -0.3 is 25.7 Å². The number of hydrogen-bond acceptors (Lipinski definition) is 5. The molecule has 1 rings (SSSR count). The van der Waals surface area contributed by atoms with Gasteiger partial charge in [-0.2, -0.15) is 0 Å². The molecule has 1 aromatic rings. The zero-order chi connectivity index (χ0) is 15.4. The first-order valence-electron chi connectivity index (χ1n) is 6.01. The number of nitrogens with one attached hydrogen (secondary N) is 1. The van der Waals surface area contributed by atoms with E-state index < -0.39 is 35.2 Å². The second-order valence-corrected chi connectivity index (χ2v) is 4.86. The Kier molecular flexibility index (Phi) is 4.79. The first-order valence-corrected chi connectivity index (χ1v) is 6.01. The van der Waals surface area contributed by atoms with Gasteiger partial charge in [0.05, 0.1) is 0 Å². The number of benzene rings is 1. The predicted molar refractivity (Wildman–Crippen MR) is 69.8 cm³/mol. The molecule has 1 atom stereocenters. The number of amides is 1. The van der Waals surface area contributed by atoms with Crippen LogP contribution >= 0.6 is 0 Å². The number of rotatable bonds is 5. The lowest BCUT2D eigenvalue weighted by Crippen LogP contribution is -2.41. The highest BCUT2D eigenvalue weighted by molar-refractivity contribution is 5.97. The smallest absolute Gasteiger partial charge is 0.326 e. The van der Waals surface area contributed by atoms with Gasteiger partial charge in [-0.05, 0) is 24.5 Å². The Labute approximate surface area is 115 Å². The molecule has 0 aliphatic heterocycles. The molecule has 5 N–H and O–H groups in total. The van der Waals surface area contributed by atoms with Crippen LogP contribution in [0.25, 0.3) is 0 Å². The average Bonchev–Trinajstić information content (AvgIpc) is 2.33. The van der Waals surface area contributed by atoms with Gasteiger partial charge in [-0.15, -0.1) is 0 Å². The first-order chi connectivity index (χ1) is 9.22. The highest BCUT2D eigenvalue weighted by atomic mass is 16.4. The number of carboxylic acid groups (broad SMARTS) is 1. The monoisotopic (exact) mass is 283 g/mol. The van der Waals surface area contributed by atoms with E-state index in [-0.39, 0.29) is 17.9 Å². The summed E-state index contributed by atoms with van der Waals surface area (Å²) in [4.78, 5) is 22.9. The van der Waals surface area contributed by atoms with Crippen molar-refractivity contribution in [3.05, 3.63) is 17.7 Å². The molecular weight excluding hydrogens is 266 g/mol. The fourth-order valence-electron chi connectivity index (χ4n) is 1.67. The second-order valence-electron chi connectivity index (χ2n) is 4.86. The molecule has 0 unspecified atom stereocenters. The third kappa shape index (κ3) is 3.78. The van der Waals surface area contributed by atoms with Crippen LogP contribution in [0, 0.1) is 5.92 Å². The number of carbonyl (C=O) groups is 2. The topological polar surface area (TPSA) is 127 Å². The molecular formula is C13H17NO6. The van der Waals surface area contributed by atoms with E-state index in [4.69, 9.17) is 5.11 Å². The Balaban J connectivity index is 2.92.